The number of hydrogen-bond donors (Lipinski definition) is 2. The summed E-state index contributed by atoms with van der Waals surface area (Å²) in [5.74, 6) is -0.244. The van der Waals surface area contributed by atoms with E-state index >= 15 is 0 Å². The molecule has 2 rings (SSSR count). The summed E-state index contributed by atoms with van der Waals surface area (Å²) >= 11 is 0. The van der Waals surface area contributed by atoms with Crippen molar-refractivity contribution in [1.29, 1.82) is 0 Å². The molecule has 0 aliphatic rings. The summed E-state index contributed by atoms with van der Waals surface area (Å²) in [7, 11) is -1.12. The van der Waals surface area contributed by atoms with Crippen LogP contribution >= 0.6 is 0 Å². The van der Waals surface area contributed by atoms with Crippen LogP contribution in [0.5, 0.6) is 11.5 Å². The standard InChI is InChI=1S/C19H23FN2O5S/c1-12(14-5-7-15(20)8-6-14)21-19(23)13(2)22-28(24,25)16-9-10-17(26-3)18(11-16)27-4/h5-13,22H,1-4H3,(H,21,23)/t12-,13+/m1/s1. The number of nitrogens with one attached hydrogen (secondary N) is 2. The molecule has 0 radical (unpaired) electrons. The van der Waals surface area contributed by atoms with Gasteiger partial charge in [-0.25, -0.2) is 12.8 Å². The minimum absolute atomic E-state index is 0.0589. The lowest BCUT2D eigenvalue weighted by Gasteiger charge is -2.19. The molecular formula is C19H23FN2O5S. The molecule has 0 bridgehead atoms. The van der Waals surface area contributed by atoms with Crippen LogP contribution in [0.2, 0.25) is 0 Å². The topological polar surface area (TPSA) is 93.7 Å². The zero-order chi connectivity index (χ0) is 20.9. The molecule has 1 amide bonds. The summed E-state index contributed by atoms with van der Waals surface area (Å²) in [6, 6.07) is 8.39. The molecule has 0 aromatic heterocycles. The highest BCUT2D eigenvalue weighted by molar-refractivity contribution is 7.89. The third-order valence-corrected chi connectivity index (χ3v) is 5.66. The zero-order valence-corrected chi connectivity index (χ0v) is 16.8. The van der Waals surface area contributed by atoms with Gasteiger partial charge in [-0.15, -0.1) is 0 Å². The van der Waals surface area contributed by atoms with E-state index in [4.69, 9.17) is 9.47 Å². The lowest BCUT2D eigenvalue weighted by molar-refractivity contribution is -0.123. The largest absolute Gasteiger partial charge is 0.493 e. The van der Waals surface area contributed by atoms with Gasteiger partial charge in [-0.05, 0) is 43.7 Å². The SMILES string of the molecule is COc1ccc(S(=O)(=O)N[C@@H](C)C(=O)N[C@H](C)c2ccc(F)cc2)cc1OC. The van der Waals surface area contributed by atoms with Crippen molar-refractivity contribution in [2.75, 3.05) is 14.2 Å². The van der Waals surface area contributed by atoms with Crippen molar-refractivity contribution in [2.45, 2.75) is 30.8 Å². The third-order valence-electron chi connectivity index (χ3n) is 4.12. The van der Waals surface area contributed by atoms with E-state index in [9.17, 15) is 17.6 Å². The monoisotopic (exact) mass is 410 g/mol. The van der Waals surface area contributed by atoms with Crippen LogP contribution in [0.4, 0.5) is 4.39 Å². The molecule has 0 aliphatic carbocycles. The van der Waals surface area contributed by atoms with Crippen LogP contribution in [0, 0.1) is 5.82 Å². The molecule has 7 nitrogen and oxygen atoms in total. The Kier molecular flexibility index (Phi) is 6.98. The number of benzene rings is 2. The average molecular weight is 410 g/mol. The van der Waals surface area contributed by atoms with E-state index in [0.29, 0.717) is 11.3 Å². The first-order valence-corrected chi connectivity index (χ1v) is 9.96. The molecule has 0 heterocycles. The van der Waals surface area contributed by atoms with Crippen LogP contribution in [-0.4, -0.2) is 34.6 Å². The highest BCUT2D eigenvalue weighted by atomic mass is 32.2. The molecule has 2 aromatic rings. The molecule has 28 heavy (non-hydrogen) atoms. The fraction of sp³-hybridized carbons (Fsp3) is 0.316. The molecule has 0 fully saturated rings. The van der Waals surface area contributed by atoms with E-state index < -0.39 is 28.0 Å². The van der Waals surface area contributed by atoms with Gasteiger partial charge < -0.3 is 14.8 Å². The Bertz CT molecular complexity index is 932. The summed E-state index contributed by atoms with van der Waals surface area (Å²) < 4.78 is 50.7. The van der Waals surface area contributed by atoms with Gasteiger partial charge in [0.25, 0.3) is 0 Å². The van der Waals surface area contributed by atoms with Crippen LogP contribution in [0.1, 0.15) is 25.5 Å². The number of rotatable bonds is 8. The Balaban J connectivity index is 2.08. The first-order valence-electron chi connectivity index (χ1n) is 8.48. The minimum Gasteiger partial charge on any atom is -0.493 e. The second-order valence-electron chi connectivity index (χ2n) is 6.14. The molecule has 2 N–H and O–H groups in total. The number of carbonyl (C=O) groups excluding carboxylic acids is 1. The number of hydrogen-bond acceptors (Lipinski definition) is 5. The minimum atomic E-state index is -3.96. The zero-order valence-electron chi connectivity index (χ0n) is 16.0. The summed E-state index contributed by atoms with van der Waals surface area (Å²) in [5, 5.41) is 2.70. The molecule has 0 saturated heterocycles. The van der Waals surface area contributed by atoms with Gasteiger partial charge in [0.1, 0.15) is 5.82 Å². The number of sulfonamides is 1. The van der Waals surface area contributed by atoms with E-state index in [2.05, 4.69) is 10.0 Å². The molecule has 152 valence electrons. The molecule has 0 spiro atoms. The molecular weight excluding hydrogens is 387 g/mol. The third kappa shape index (κ3) is 5.20. The van der Waals surface area contributed by atoms with Gasteiger partial charge in [-0.1, -0.05) is 12.1 Å². The van der Waals surface area contributed by atoms with E-state index in [-0.39, 0.29) is 16.5 Å². The Labute approximate surface area is 163 Å². The van der Waals surface area contributed by atoms with Crippen LogP contribution in [0.25, 0.3) is 0 Å². The maximum Gasteiger partial charge on any atom is 0.241 e. The van der Waals surface area contributed by atoms with E-state index in [1.807, 2.05) is 0 Å². The Morgan fingerprint density at radius 3 is 2.18 bits per heavy atom. The first kappa shape index (κ1) is 21.6. The highest BCUT2D eigenvalue weighted by Crippen LogP contribution is 2.29. The van der Waals surface area contributed by atoms with Gasteiger partial charge in [-0.2, -0.15) is 4.72 Å². The number of halogens is 1. The van der Waals surface area contributed by atoms with Gasteiger partial charge in [0.05, 0.1) is 31.2 Å². The van der Waals surface area contributed by atoms with Gasteiger partial charge in [0.2, 0.25) is 15.9 Å². The van der Waals surface area contributed by atoms with Crippen LogP contribution < -0.4 is 19.5 Å². The summed E-state index contributed by atoms with van der Waals surface area (Å²) in [5.41, 5.74) is 0.699. The summed E-state index contributed by atoms with van der Waals surface area (Å²) in [4.78, 5) is 12.3. The number of carbonyl (C=O) groups is 1. The highest BCUT2D eigenvalue weighted by Gasteiger charge is 2.24. The lowest BCUT2D eigenvalue weighted by Crippen LogP contribution is -2.45. The molecule has 0 saturated carbocycles. The second kappa shape index (κ2) is 9.03. The normalized spacial score (nSPS) is 13.5. The van der Waals surface area contributed by atoms with Crippen molar-refractivity contribution in [1.82, 2.24) is 10.0 Å². The second-order valence-corrected chi connectivity index (χ2v) is 7.86. The van der Waals surface area contributed by atoms with Crippen LogP contribution in [0.3, 0.4) is 0 Å². The predicted octanol–water partition coefficient (Wildman–Crippen LogP) is 2.39. The summed E-state index contributed by atoms with van der Waals surface area (Å²) in [6.45, 7) is 3.16. The number of ether oxygens (including phenoxy) is 2. The van der Waals surface area contributed by atoms with E-state index in [1.165, 1.54) is 51.5 Å². The van der Waals surface area contributed by atoms with Gasteiger partial charge in [0, 0.05) is 6.07 Å². The van der Waals surface area contributed by atoms with Crippen molar-refractivity contribution in [3.05, 3.63) is 53.8 Å². The average Bonchev–Trinajstić information content (AvgIpc) is 2.67. The van der Waals surface area contributed by atoms with Crippen molar-refractivity contribution in [2.24, 2.45) is 0 Å². The molecule has 2 aromatic carbocycles. The van der Waals surface area contributed by atoms with Gasteiger partial charge in [-0.3, -0.25) is 4.79 Å². The van der Waals surface area contributed by atoms with Crippen LogP contribution in [-0.2, 0) is 14.8 Å². The first-order chi connectivity index (χ1) is 13.2. The molecule has 0 aliphatic heterocycles. The molecule has 2 atom stereocenters. The van der Waals surface area contributed by atoms with Crippen molar-refractivity contribution in [3.63, 3.8) is 0 Å². The predicted molar refractivity (Wildman–Crippen MR) is 102 cm³/mol. The lowest BCUT2D eigenvalue weighted by atomic mass is 10.1. The Morgan fingerprint density at radius 2 is 1.61 bits per heavy atom. The fourth-order valence-corrected chi connectivity index (χ4v) is 3.73. The fourth-order valence-electron chi connectivity index (χ4n) is 2.51. The molecule has 0 unspecified atom stereocenters. The smallest absolute Gasteiger partial charge is 0.241 e. The Morgan fingerprint density at radius 1 is 1.00 bits per heavy atom. The number of methoxy groups -OCH3 is 2. The van der Waals surface area contributed by atoms with Gasteiger partial charge in [0.15, 0.2) is 11.5 Å². The van der Waals surface area contributed by atoms with Crippen LogP contribution in [0.15, 0.2) is 47.4 Å². The van der Waals surface area contributed by atoms with E-state index in [1.54, 1.807) is 19.1 Å². The number of amides is 1. The maximum absolute atomic E-state index is 13.0. The summed E-state index contributed by atoms with van der Waals surface area (Å²) in [6.07, 6.45) is 0. The quantitative estimate of drug-likeness (QED) is 0.697. The van der Waals surface area contributed by atoms with Crippen molar-refractivity contribution < 1.29 is 27.1 Å². The maximum atomic E-state index is 13.0. The Hall–Kier alpha value is -2.65. The van der Waals surface area contributed by atoms with Gasteiger partial charge >= 0.3 is 0 Å². The van der Waals surface area contributed by atoms with Crippen molar-refractivity contribution in [3.8, 4) is 11.5 Å². The van der Waals surface area contributed by atoms with Crippen molar-refractivity contribution >= 4 is 15.9 Å². The molecule has 9 heteroatoms. The van der Waals surface area contributed by atoms with E-state index in [0.717, 1.165) is 0 Å².